The maximum atomic E-state index is 2.84. The smallest absolute Gasteiger partial charge is 0.374 e. The summed E-state index contributed by atoms with van der Waals surface area (Å²) < 4.78 is 2.84. The van der Waals surface area contributed by atoms with E-state index in [0.717, 1.165) is 0 Å². The van der Waals surface area contributed by atoms with Gasteiger partial charge in [-0.25, -0.2) is 0 Å². The van der Waals surface area contributed by atoms with E-state index in [4.69, 9.17) is 0 Å². The zero-order valence-corrected chi connectivity index (χ0v) is 14.1. The number of hydrogen-bond acceptors (Lipinski definition) is 3. The lowest BCUT2D eigenvalue weighted by atomic mass is 10.3. The normalized spacial score (nSPS) is 19.5. The van der Waals surface area contributed by atoms with Crippen LogP contribution in [-0.2, 0) is 0 Å². The van der Waals surface area contributed by atoms with Crippen LogP contribution in [0.2, 0.25) is 10.6 Å². The summed E-state index contributed by atoms with van der Waals surface area (Å²) in [6.07, 6.45) is 2.82. The minimum absolute atomic E-state index is 0.628. The number of likely N-dealkylation sites (N-methyl/N-ethyl adjacent to an activating group) is 2. The fourth-order valence-electron chi connectivity index (χ4n) is 2.95. The van der Waals surface area contributed by atoms with Gasteiger partial charge in [0.15, 0.2) is 0 Å². The maximum absolute atomic E-state index is 2.84. The zero-order valence-electron chi connectivity index (χ0n) is 13.0. The molecule has 0 bridgehead atoms. The van der Waals surface area contributed by atoms with Crippen LogP contribution in [0.3, 0.4) is 0 Å². The molecule has 3 nitrogen and oxygen atoms in total. The molecule has 0 aliphatic carbocycles. The summed E-state index contributed by atoms with van der Waals surface area (Å²) in [5.41, 5.74) is 0. The summed E-state index contributed by atoms with van der Waals surface area (Å²) >= 11 is -0.628. The van der Waals surface area contributed by atoms with Crippen LogP contribution in [-0.4, -0.2) is 81.4 Å². The summed E-state index contributed by atoms with van der Waals surface area (Å²) in [5.74, 6) is 0. The molecule has 0 spiro atoms. The number of nitrogens with zero attached hydrogens (tertiary/aromatic N) is 3. The Morgan fingerprint density at radius 3 is 2.39 bits per heavy atom. The van der Waals surface area contributed by atoms with E-state index in [9.17, 15) is 0 Å². The van der Waals surface area contributed by atoms with Gasteiger partial charge in [-0.3, -0.25) is 0 Å². The lowest BCUT2D eigenvalue weighted by Crippen LogP contribution is -2.39. The predicted molar refractivity (Wildman–Crippen MR) is 82.5 cm³/mol. The Bertz CT molecular complexity index is 211. The minimum Gasteiger partial charge on any atom is -0.384 e. The van der Waals surface area contributed by atoms with Crippen LogP contribution in [0.25, 0.3) is 0 Å². The second-order valence-corrected chi connectivity index (χ2v) is 9.00. The summed E-state index contributed by atoms with van der Waals surface area (Å²) in [6, 6.07) is 0. The van der Waals surface area contributed by atoms with Crippen molar-refractivity contribution >= 4 is 14.4 Å². The highest BCUT2D eigenvalue weighted by Gasteiger charge is 2.28. The molecule has 0 amide bonds. The number of hydrogen-bond donors (Lipinski definition) is 0. The van der Waals surface area contributed by atoms with Crippen LogP contribution in [0.5, 0.6) is 0 Å². The third-order valence-corrected chi connectivity index (χ3v) is 7.90. The summed E-state index contributed by atoms with van der Waals surface area (Å²) in [6.45, 7) is 12.4. The van der Waals surface area contributed by atoms with Gasteiger partial charge in [0.05, 0.1) is 0 Å². The first-order valence-electron chi connectivity index (χ1n) is 7.78. The van der Waals surface area contributed by atoms with E-state index >= 15 is 0 Å². The van der Waals surface area contributed by atoms with E-state index in [-0.39, 0.29) is 0 Å². The Labute approximate surface area is 119 Å². The molecule has 0 aromatic heterocycles. The topological polar surface area (TPSA) is 9.72 Å². The molecule has 0 aromatic rings. The molecule has 0 aromatic carbocycles. The van der Waals surface area contributed by atoms with Gasteiger partial charge in [-0.2, -0.15) is 0 Å². The van der Waals surface area contributed by atoms with Crippen molar-refractivity contribution in [2.45, 2.75) is 37.3 Å². The SMILES string of the molecule is CCN1CC[N](CC)[Al]([CH2]CCCN(C)C)[CH2]C1. The van der Waals surface area contributed by atoms with Crippen LogP contribution in [0.1, 0.15) is 26.7 Å². The second kappa shape index (κ2) is 9.34. The summed E-state index contributed by atoms with van der Waals surface area (Å²) in [4.78, 5) is 4.94. The third-order valence-electron chi connectivity index (χ3n) is 4.24. The Morgan fingerprint density at radius 1 is 1.00 bits per heavy atom. The highest BCUT2D eigenvalue weighted by molar-refractivity contribution is 6.55. The molecule has 1 rings (SSSR count). The van der Waals surface area contributed by atoms with E-state index < -0.39 is 14.4 Å². The molecule has 0 saturated carbocycles. The molecule has 1 fully saturated rings. The van der Waals surface area contributed by atoms with Crippen molar-refractivity contribution in [2.75, 3.05) is 53.4 Å². The Morgan fingerprint density at radius 2 is 1.78 bits per heavy atom. The van der Waals surface area contributed by atoms with Crippen LogP contribution in [0, 0.1) is 0 Å². The second-order valence-electron chi connectivity index (χ2n) is 5.80. The van der Waals surface area contributed by atoms with Crippen molar-refractivity contribution in [1.29, 1.82) is 0 Å². The summed E-state index contributed by atoms with van der Waals surface area (Å²) in [7, 11) is 4.36. The van der Waals surface area contributed by atoms with Crippen LogP contribution in [0.4, 0.5) is 0 Å². The van der Waals surface area contributed by atoms with E-state index in [1.807, 2.05) is 0 Å². The molecule has 1 aliphatic rings. The van der Waals surface area contributed by atoms with Crippen LogP contribution >= 0.6 is 0 Å². The van der Waals surface area contributed by atoms with Crippen molar-refractivity contribution in [3.63, 3.8) is 0 Å². The van der Waals surface area contributed by atoms with Crippen molar-refractivity contribution in [1.82, 2.24) is 13.7 Å². The first-order chi connectivity index (χ1) is 8.67. The predicted octanol–water partition coefficient (Wildman–Crippen LogP) is 1.98. The average molecular weight is 269 g/mol. The largest absolute Gasteiger partial charge is 0.384 e. The van der Waals surface area contributed by atoms with Crippen LogP contribution < -0.4 is 0 Å². The first-order valence-corrected chi connectivity index (χ1v) is 9.93. The van der Waals surface area contributed by atoms with E-state index in [2.05, 4.69) is 41.6 Å². The standard InChI is InChI=1S/C8H18N2.C6H14N.Al/c1-4-9-7-8-10(5-2)6-3;1-4-5-6-7(2)3;/h2,4-8H2,1,3H3;1,4-6H2,2-3H3;/q-1;;+1. The van der Waals surface area contributed by atoms with Crippen molar-refractivity contribution in [3.8, 4) is 0 Å². The Balaban J connectivity index is 2.31. The molecule has 0 unspecified atom stereocenters. The monoisotopic (exact) mass is 269 g/mol. The number of rotatable bonds is 7. The first kappa shape index (κ1) is 16.5. The molecule has 106 valence electrons. The Hall–Kier alpha value is 0.412. The minimum atomic E-state index is -0.628. The van der Waals surface area contributed by atoms with E-state index in [1.165, 1.54) is 62.7 Å². The summed E-state index contributed by atoms with van der Waals surface area (Å²) in [5, 5.41) is 3.03. The van der Waals surface area contributed by atoms with Gasteiger partial charge in [0.2, 0.25) is 0 Å². The van der Waals surface area contributed by atoms with Crippen molar-refractivity contribution in [2.24, 2.45) is 0 Å². The molecular weight excluding hydrogens is 237 g/mol. The van der Waals surface area contributed by atoms with Gasteiger partial charge in [0.1, 0.15) is 0 Å². The lowest BCUT2D eigenvalue weighted by molar-refractivity contribution is 0.291. The van der Waals surface area contributed by atoms with Gasteiger partial charge in [-0.05, 0) is 53.2 Å². The number of unbranched alkanes of at least 4 members (excludes halogenated alkanes) is 1. The zero-order chi connectivity index (χ0) is 13.4. The van der Waals surface area contributed by atoms with Gasteiger partial charge >= 0.3 is 14.4 Å². The molecule has 0 N–H and O–H groups in total. The van der Waals surface area contributed by atoms with Gasteiger partial charge < -0.3 is 13.7 Å². The molecular formula is C14H32AlN3. The average Bonchev–Trinajstić information content (AvgIpc) is 2.56. The molecule has 0 radical (unpaired) electrons. The molecule has 1 saturated heterocycles. The van der Waals surface area contributed by atoms with Crippen LogP contribution in [0.15, 0.2) is 0 Å². The molecule has 1 aliphatic heterocycles. The highest BCUT2D eigenvalue weighted by Crippen LogP contribution is 2.15. The third kappa shape index (κ3) is 6.04. The molecule has 4 heteroatoms. The van der Waals surface area contributed by atoms with E-state index in [1.54, 1.807) is 0 Å². The van der Waals surface area contributed by atoms with Gasteiger partial charge in [0.25, 0.3) is 0 Å². The molecule has 0 atom stereocenters. The van der Waals surface area contributed by atoms with Gasteiger partial charge in [0, 0.05) is 6.54 Å². The molecule has 1 heterocycles. The van der Waals surface area contributed by atoms with Crippen molar-refractivity contribution < 1.29 is 0 Å². The van der Waals surface area contributed by atoms with Gasteiger partial charge in [-0.1, -0.05) is 30.8 Å². The van der Waals surface area contributed by atoms with Gasteiger partial charge in [-0.15, -0.1) is 0 Å². The fourth-order valence-corrected chi connectivity index (χ4v) is 6.38. The van der Waals surface area contributed by atoms with E-state index in [0.29, 0.717) is 0 Å². The molecule has 18 heavy (non-hydrogen) atoms. The Kier molecular flexibility index (Phi) is 8.54. The van der Waals surface area contributed by atoms with Crippen molar-refractivity contribution in [3.05, 3.63) is 0 Å². The maximum Gasteiger partial charge on any atom is 0.374 e. The lowest BCUT2D eigenvalue weighted by Gasteiger charge is -2.25. The fraction of sp³-hybridized carbons (Fsp3) is 1.00. The quantitative estimate of drug-likeness (QED) is 0.517. The highest BCUT2D eigenvalue weighted by atomic mass is 27.2.